The first-order chi connectivity index (χ1) is 12.0. The van der Waals surface area contributed by atoms with E-state index in [9.17, 15) is 9.59 Å². The summed E-state index contributed by atoms with van der Waals surface area (Å²) in [6, 6.07) is 15.5. The highest BCUT2D eigenvalue weighted by Gasteiger charge is 2.19. The fourth-order valence-corrected chi connectivity index (χ4v) is 2.58. The summed E-state index contributed by atoms with van der Waals surface area (Å²) in [5, 5.41) is 14.1. The molecule has 0 fully saturated rings. The Kier molecular flexibility index (Phi) is 6.13. The van der Waals surface area contributed by atoms with Gasteiger partial charge in [-0.15, -0.1) is 0 Å². The molecule has 25 heavy (non-hydrogen) atoms. The van der Waals surface area contributed by atoms with Gasteiger partial charge < -0.3 is 16.4 Å². The van der Waals surface area contributed by atoms with Crippen LogP contribution in [0.15, 0.2) is 48.5 Å². The van der Waals surface area contributed by atoms with Crippen molar-refractivity contribution in [2.24, 2.45) is 5.73 Å². The Hall–Kier alpha value is -3.33. The highest BCUT2D eigenvalue weighted by molar-refractivity contribution is 5.91. The average molecular weight is 336 g/mol. The zero-order valence-corrected chi connectivity index (χ0v) is 14.0. The summed E-state index contributed by atoms with van der Waals surface area (Å²) in [7, 11) is 0. The van der Waals surface area contributed by atoms with Crippen LogP contribution in [0.3, 0.4) is 0 Å². The quantitative estimate of drug-likeness (QED) is 0.754. The summed E-state index contributed by atoms with van der Waals surface area (Å²) < 4.78 is 0. The van der Waals surface area contributed by atoms with Crippen molar-refractivity contribution in [2.45, 2.75) is 25.8 Å². The second-order valence-corrected chi connectivity index (χ2v) is 5.70. The lowest BCUT2D eigenvalue weighted by molar-refractivity contribution is -0.116. The van der Waals surface area contributed by atoms with Gasteiger partial charge in [-0.25, -0.2) is 4.79 Å². The normalized spacial score (nSPS) is 11.2. The van der Waals surface area contributed by atoms with Crippen LogP contribution in [0.25, 0.3) is 0 Å². The van der Waals surface area contributed by atoms with Crippen molar-refractivity contribution < 1.29 is 9.59 Å². The van der Waals surface area contributed by atoms with Crippen molar-refractivity contribution in [2.75, 3.05) is 5.32 Å². The molecule has 0 aliphatic rings. The van der Waals surface area contributed by atoms with Crippen molar-refractivity contribution in [3.63, 3.8) is 0 Å². The van der Waals surface area contributed by atoms with Gasteiger partial charge in [0.15, 0.2) is 0 Å². The third-order valence-corrected chi connectivity index (χ3v) is 3.79. The van der Waals surface area contributed by atoms with E-state index >= 15 is 0 Å². The van der Waals surface area contributed by atoms with Crippen LogP contribution >= 0.6 is 0 Å². The number of nitrogens with one attached hydrogen (secondary N) is 2. The number of primary amides is 1. The Bertz CT molecular complexity index is 794. The minimum Gasteiger partial charge on any atom is -0.352 e. The van der Waals surface area contributed by atoms with Gasteiger partial charge in [-0.2, -0.15) is 5.26 Å². The van der Waals surface area contributed by atoms with E-state index < -0.39 is 12.1 Å². The summed E-state index contributed by atoms with van der Waals surface area (Å²) in [6.45, 7) is 1.91. The minimum absolute atomic E-state index is 0.0632. The van der Waals surface area contributed by atoms with E-state index in [0.29, 0.717) is 12.1 Å². The molecule has 2 aromatic rings. The molecule has 0 radical (unpaired) electrons. The van der Waals surface area contributed by atoms with E-state index in [1.54, 1.807) is 24.3 Å². The van der Waals surface area contributed by atoms with Crippen molar-refractivity contribution in [3.8, 4) is 6.07 Å². The number of hydrogen-bond acceptors (Lipinski definition) is 3. The second kappa shape index (κ2) is 8.50. The van der Waals surface area contributed by atoms with Gasteiger partial charge in [0.25, 0.3) is 0 Å². The van der Waals surface area contributed by atoms with Gasteiger partial charge in [-0.3, -0.25) is 4.79 Å². The van der Waals surface area contributed by atoms with Crippen LogP contribution < -0.4 is 16.4 Å². The Balaban J connectivity index is 2.08. The summed E-state index contributed by atoms with van der Waals surface area (Å²) in [6.07, 6.45) is 0.389. The molecule has 0 aromatic heterocycles. The third-order valence-electron chi connectivity index (χ3n) is 3.79. The van der Waals surface area contributed by atoms with Crippen LogP contribution in [0.1, 0.15) is 29.2 Å². The largest absolute Gasteiger partial charge is 0.352 e. The number of carbonyl (C=O) groups excluding carboxylic acids is 2. The number of anilines is 1. The molecule has 2 rings (SSSR count). The molecule has 1 atom stereocenters. The monoisotopic (exact) mass is 336 g/mol. The maximum atomic E-state index is 12.3. The summed E-state index contributed by atoms with van der Waals surface area (Å²) >= 11 is 0. The van der Waals surface area contributed by atoms with Gasteiger partial charge >= 0.3 is 6.03 Å². The molecule has 4 N–H and O–H groups in total. The molecule has 0 aliphatic heterocycles. The molecule has 6 heteroatoms. The first-order valence-corrected chi connectivity index (χ1v) is 7.87. The maximum Gasteiger partial charge on any atom is 0.312 e. The van der Waals surface area contributed by atoms with Crippen LogP contribution in [0.5, 0.6) is 0 Å². The number of nitrogens with zero attached hydrogens (tertiary/aromatic N) is 1. The van der Waals surface area contributed by atoms with Crippen molar-refractivity contribution in [1.29, 1.82) is 5.26 Å². The number of rotatable bonds is 6. The topological polar surface area (TPSA) is 108 Å². The predicted octanol–water partition coefficient (Wildman–Crippen LogP) is 2.80. The summed E-state index contributed by atoms with van der Waals surface area (Å²) in [5.41, 5.74) is 8.58. The van der Waals surface area contributed by atoms with E-state index in [2.05, 4.69) is 16.7 Å². The lowest BCUT2D eigenvalue weighted by Crippen LogP contribution is -2.35. The zero-order valence-electron chi connectivity index (χ0n) is 14.0. The number of benzene rings is 2. The number of amides is 3. The molecule has 0 aliphatic carbocycles. The molecule has 0 bridgehead atoms. The van der Waals surface area contributed by atoms with Gasteiger partial charge in [-0.05, 0) is 35.7 Å². The van der Waals surface area contributed by atoms with Gasteiger partial charge in [0.05, 0.1) is 25.0 Å². The zero-order chi connectivity index (χ0) is 18.2. The summed E-state index contributed by atoms with van der Waals surface area (Å²) in [5.74, 6) is -0.241. The van der Waals surface area contributed by atoms with Crippen molar-refractivity contribution in [3.05, 3.63) is 65.2 Å². The van der Waals surface area contributed by atoms with Crippen LogP contribution in [0, 0.1) is 18.3 Å². The standard InChI is InChI=1S/C19H20N4O2/c1-13-4-2-3-5-16(13)17(23-19(21)25)12-18(24)22-15-8-6-14(7-9-15)10-11-20/h2-9,17H,10,12H2,1H3,(H,22,24)(H3,21,23,25). The highest BCUT2D eigenvalue weighted by Crippen LogP contribution is 2.21. The predicted molar refractivity (Wildman–Crippen MR) is 95.6 cm³/mol. The molecule has 2 aromatic carbocycles. The number of carbonyl (C=O) groups is 2. The molecule has 1 unspecified atom stereocenters. The Morgan fingerprint density at radius 3 is 2.44 bits per heavy atom. The van der Waals surface area contributed by atoms with E-state index in [0.717, 1.165) is 16.7 Å². The lowest BCUT2D eigenvalue weighted by atomic mass is 9.98. The first kappa shape index (κ1) is 18.0. The molecule has 6 nitrogen and oxygen atoms in total. The smallest absolute Gasteiger partial charge is 0.312 e. The Labute approximate surface area is 146 Å². The Morgan fingerprint density at radius 2 is 1.84 bits per heavy atom. The maximum absolute atomic E-state index is 12.3. The van der Waals surface area contributed by atoms with Crippen molar-refractivity contribution >= 4 is 17.6 Å². The number of urea groups is 1. The molecule has 0 heterocycles. The molecule has 0 saturated carbocycles. The van der Waals surface area contributed by atoms with Crippen LogP contribution in [0.2, 0.25) is 0 Å². The molecule has 3 amide bonds. The van der Waals surface area contributed by atoms with Crippen LogP contribution in [0.4, 0.5) is 10.5 Å². The van der Waals surface area contributed by atoms with Crippen molar-refractivity contribution in [1.82, 2.24) is 5.32 Å². The minimum atomic E-state index is -0.679. The van der Waals surface area contributed by atoms with E-state index in [-0.39, 0.29) is 12.3 Å². The molecule has 0 spiro atoms. The fraction of sp³-hybridized carbons (Fsp3) is 0.211. The van der Waals surface area contributed by atoms with E-state index in [1.807, 2.05) is 31.2 Å². The highest BCUT2D eigenvalue weighted by atomic mass is 16.2. The van der Waals surface area contributed by atoms with Gasteiger partial charge in [0.2, 0.25) is 5.91 Å². The van der Waals surface area contributed by atoms with Crippen LogP contribution in [-0.2, 0) is 11.2 Å². The van der Waals surface area contributed by atoms with Crippen LogP contribution in [-0.4, -0.2) is 11.9 Å². The number of hydrogen-bond donors (Lipinski definition) is 3. The average Bonchev–Trinajstić information content (AvgIpc) is 2.56. The molecular formula is C19H20N4O2. The van der Waals surface area contributed by atoms with E-state index in [4.69, 9.17) is 11.0 Å². The SMILES string of the molecule is Cc1ccccc1C(CC(=O)Nc1ccc(CC#N)cc1)NC(N)=O. The molecule has 128 valence electrons. The van der Waals surface area contributed by atoms with Gasteiger partial charge in [-0.1, -0.05) is 36.4 Å². The number of aryl methyl sites for hydroxylation is 1. The Morgan fingerprint density at radius 1 is 1.16 bits per heavy atom. The molecular weight excluding hydrogens is 316 g/mol. The van der Waals surface area contributed by atoms with Gasteiger partial charge in [0.1, 0.15) is 0 Å². The number of nitriles is 1. The first-order valence-electron chi connectivity index (χ1n) is 7.87. The number of nitrogens with two attached hydrogens (primary N) is 1. The lowest BCUT2D eigenvalue weighted by Gasteiger charge is -2.19. The van der Waals surface area contributed by atoms with E-state index in [1.165, 1.54) is 0 Å². The molecule has 0 saturated heterocycles. The fourth-order valence-electron chi connectivity index (χ4n) is 2.58. The third kappa shape index (κ3) is 5.36. The second-order valence-electron chi connectivity index (χ2n) is 5.70. The summed E-state index contributed by atoms with van der Waals surface area (Å²) in [4.78, 5) is 23.6. The van der Waals surface area contributed by atoms with Gasteiger partial charge in [0, 0.05) is 5.69 Å².